The van der Waals surface area contributed by atoms with Gasteiger partial charge in [0.05, 0.1) is 16.9 Å². The van der Waals surface area contributed by atoms with Crippen molar-refractivity contribution in [1.29, 1.82) is 0 Å². The van der Waals surface area contributed by atoms with Gasteiger partial charge in [-0.1, -0.05) is 15.9 Å². The number of nitrogens with one attached hydrogen (secondary N) is 2. The lowest BCUT2D eigenvalue weighted by Gasteiger charge is -2.11. The van der Waals surface area contributed by atoms with Crippen molar-refractivity contribution in [3.05, 3.63) is 52.5 Å². The van der Waals surface area contributed by atoms with Crippen LogP contribution in [-0.4, -0.2) is 17.4 Å². The quantitative estimate of drug-likeness (QED) is 0.894. The molecule has 2 aromatic rings. The average molecular weight is 338 g/mol. The largest absolute Gasteiger partial charge is 0.385 e. The van der Waals surface area contributed by atoms with E-state index in [4.69, 9.17) is 0 Å². The highest BCUT2D eigenvalue weighted by molar-refractivity contribution is 9.10. The summed E-state index contributed by atoms with van der Waals surface area (Å²) < 4.78 is 14.3. The van der Waals surface area contributed by atoms with E-state index >= 15 is 0 Å². The highest BCUT2D eigenvalue weighted by atomic mass is 79.9. The molecular formula is C14H13BrFN3O. The third-order valence-corrected chi connectivity index (χ3v) is 3.10. The summed E-state index contributed by atoms with van der Waals surface area (Å²) in [6.45, 7) is 2.60. The van der Waals surface area contributed by atoms with Gasteiger partial charge in [-0.25, -0.2) is 4.39 Å². The van der Waals surface area contributed by atoms with Gasteiger partial charge in [0.2, 0.25) is 0 Å². The number of pyridine rings is 1. The number of benzene rings is 1. The zero-order valence-corrected chi connectivity index (χ0v) is 12.4. The second-order valence-electron chi connectivity index (χ2n) is 4.03. The van der Waals surface area contributed by atoms with E-state index in [2.05, 4.69) is 31.5 Å². The Labute approximate surface area is 124 Å². The monoisotopic (exact) mass is 337 g/mol. The minimum absolute atomic E-state index is 0.121. The van der Waals surface area contributed by atoms with Crippen molar-refractivity contribution in [1.82, 2.24) is 4.98 Å². The number of anilines is 2. The Balaban J connectivity index is 2.26. The third-order valence-electron chi connectivity index (χ3n) is 2.61. The summed E-state index contributed by atoms with van der Waals surface area (Å²) in [5, 5.41) is 5.61. The van der Waals surface area contributed by atoms with Gasteiger partial charge in [0.25, 0.3) is 5.91 Å². The minimum atomic E-state index is -0.490. The smallest absolute Gasteiger partial charge is 0.259 e. The average Bonchev–Trinajstić information content (AvgIpc) is 2.44. The summed E-state index contributed by atoms with van der Waals surface area (Å²) in [7, 11) is 0. The van der Waals surface area contributed by atoms with Gasteiger partial charge in [0.1, 0.15) is 5.82 Å². The van der Waals surface area contributed by atoms with Crippen molar-refractivity contribution in [3.8, 4) is 0 Å². The van der Waals surface area contributed by atoms with Gasteiger partial charge in [0, 0.05) is 23.4 Å². The SMILES string of the molecule is CCNc1ccncc1C(=O)Nc1cc(Br)ccc1F. The molecule has 0 aliphatic heterocycles. The molecule has 104 valence electrons. The highest BCUT2D eigenvalue weighted by Gasteiger charge is 2.13. The summed E-state index contributed by atoms with van der Waals surface area (Å²) >= 11 is 3.24. The van der Waals surface area contributed by atoms with E-state index in [0.717, 1.165) is 0 Å². The first-order valence-corrected chi connectivity index (χ1v) is 6.85. The van der Waals surface area contributed by atoms with E-state index in [1.165, 1.54) is 18.3 Å². The topological polar surface area (TPSA) is 54.0 Å². The molecule has 0 bridgehead atoms. The molecule has 1 aromatic heterocycles. The van der Waals surface area contributed by atoms with Gasteiger partial charge in [0.15, 0.2) is 0 Å². The van der Waals surface area contributed by atoms with Crippen LogP contribution in [0.4, 0.5) is 15.8 Å². The molecule has 0 spiro atoms. The Morgan fingerprint density at radius 2 is 2.15 bits per heavy atom. The predicted octanol–water partition coefficient (Wildman–Crippen LogP) is 3.67. The fourth-order valence-corrected chi connectivity index (χ4v) is 2.06. The maximum atomic E-state index is 13.6. The second-order valence-corrected chi connectivity index (χ2v) is 4.95. The number of rotatable bonds is 4. The molecule has 1 aromatic carbocycles. The molecule has 0 radical (unpaired) electrons. The Kier molecular flexibility index (Phi) is 4.68. The number of carbonyl (C=O) groups is 1. The van der Waals surface area contributed by atoms with Crippen LogP contribution in [0.15, 0.2) is 41.1 Å². The molecule has 20 heavy (non-hydrogen) atoms. The molecule has 2 rings (SSSR count). The van der Waals surface area contributed by atoms with Crippen LogP contribution >= 0.6 is 15.9 Å². The fourth-order valence-electron chi connectivity index (χ4n) is 1.70. The lowest BCUT2D eigenvalue weighted by molar-refractivity contribution is 0.102. The number of hydrogen-bond donors (Lipinski definition) is 2. The van der Waals surface area contributed by atoms with E-state index in [0.29, 0.717) is 22.3 Å². The van der Waals surface area contributed by atoms with Crippen molar-refractivity contribution in [2.45, 2.75) is 6.92 Å². The number of nitrogens with zero attached hydrogens (tertiary/aromatic N) is 1. The molecule has 1 heterocycles. The number of halogens is 2. The van der Waals surface area contributed by atoms with Crippen molar-refractivity contribution in [2.75, 3.05) is 17.2 Å². The Hall–Kier alpha value is -1.95. The molecule has 0 aliphatic carbocycles. The van der Waals surface area contributed by atoms with Crippen LogP contribution in [0.3, 0.4) is 0 Å². The number of amides is 1. The molecule has 0 saturated heterocycles. The van der Waals surface area contributed by atoms with Crippen LogP contribution in [0.25, 0.3) is 0 Å². The van der Waals surface area contributed by atoms with Gasteiger partial charge >= 0.3 is 0 Å². The van der Waals surface area contributed by atoms with E-state index in [-0.39, 0.29) is 5.69 Å². The molecule has 4 nitrogen and oxygen atoms in total. The van der Waals surface area contributed by atoms with Gasteiger partial charge in [-0.05, 0) is 31.2 Å². The molecule has 0 fully saturated rings. The van der Waals surface area contributed by atoms with E-state index < -0.39 is 11.7 Å². The normalized spacial score (nSPS) is 10.2. The van der Waals surface area contributed by atoms with Crippen molar-refractivity contribution < 1.29 is 9.18 Å². The third kappa shape index (κ3) is 3.33. The molecule has 2 N–H and O–H groups in total. The summed E-state index contributed by atoms with van der Waals surface area (Å²) in [6, 6.07) is 6.07. The second kappa shape index (κ2) is 6.47. The first-order chi connectivity index (χ1) is 9.61. The van der Waals surface area contributed by atoms with Crippen LogP contribution in [-0.2, 0) is 0 Å². The number of carbonyl (C=O) groups excluding carboxylic acids is 1. The minimum Gasteiger partial charge on any atom is -0.385 e. The van der Waals surface area contributed by atoms with E-state index in [1.54, 1.807) is 18.3 Å². The molecule has 0 unspecified atom stereocenters. The Morgan fingerprint density at radius 3 is 2.90 bits per heavy atom. The van der Waals surface area contributed by atoms with Crippen molar-refractivity contribution in [2.24, 2.45) is 0 Å². The van der Waals surface area contributed by atoms with Crippen LogP contribution in [0.5, 0.6) is 0 Å². The standard InChI is InChI=1S/C14H13BrFN3O/c1-2-18-12-5-6-17-8-10(12)14(20)19-13-7-9(15)3-4-11(13)16/h3-8H,2H2,1H3,(H,17,18)(H,19,20). The molecule has 0 aliphatic rings. The highest BCUT2D eigenvalue weighted by Crippen LogP contribution is 2.22. The van der Waals surface area contributed by atoms with Gasteiger partial charge in [-0.2, -0.15) is 0 Å². The predicted molar refractivity (Wildman–Crippen MR) is 80.5 cm³/mol. The molecule has 1 amide bonds. The molecule has 0 atom stereocenters. The maximum Gasteiger partial charge on any atom is 0.259 e. The lowest BCUT2D eigenvalue weighted by Crippen LogP contribution is -2.16. The Morgan fingerprint density at radius 1 is 1.35 bits per heavy atom. The van der Waals surface area contributed by atoms with E-state index in [9.17, 15) is 9.18 Å². The zero-order valence-electron chi connectivity index (χ0n) is 10.8. The van der Waals surface area contributed by atoms with E-state index in [1.807, 2.05) is 6.92 Å². The Bertz CT molecular complexity index is 634. The summed E-state index contributed by atoms with van der Waals surface area (Å²) in [6.07, 6.45) is 3.04. The summed E-state index contributed by atoms with van der Waals surface area (Å²) in [5.41, 5.74) is 1.15. The first-order valence-electron chi connectivity index (χ1n) is 6.06. The van der Waals surface area contributed by atoms with Crippen LogP contribution in [0, 0.1) is 5.82 Å². The maximum absolute atomic E-state index is 13.6. The fraction of sp³-hybridized carbons (Fsp3) is 0.143. The van der Waals surface area contributed by atoms with Gasteiger partial charge in [-0.3, -0.25) is 9.78 Å². The van der Waals surface area contributed by atoms with Crippen LogP contribution < -0.4 is 10.6 Å². The molecule has 0 saturated carbocycles. The first kappa shape index (κ1) is 14.5. The van der Waals surface area contributed by atoms with Crippen molar-refractivity contribution in [3.63, 3.8) is 0 Å². The number of aromatic nitrogens is 1. The van der Waals surface area contributed by atoms with Crippen molar-refractivity contribution >= 4 is 33.2 Å². The van der Waals surface area contributed by atoms with Crippen LogP contribution in [0.1, 0.15) is 17.3 Å². The van der Waals surface area contributed by atoms with Gasteiger partial charge in [-0.15, -0.1) is 0 Å². The number of hydrogen-bond acceptors (Lipinski definition) is 3. The summed E-state index contributed by atoms with van der Waals surface area (Å²) in [5.74, 6) is -0.901. The van der Waals surface area contributed by atoms with Gasteiger partial charge < -0.3 is 10.6 Å². The van der Waals surface area contributed by atoms with Crippen LogP contribution in [0.2, 0.25) is 0 Å². The lowest BCUT2D eigenvalue weighted by atomic mass is 10.2. The zero-order chi connectivity index (χ0) is 14.5. The summed E-state index contributed by atoms with van der Waals surface area (Å²) in [4.78, 5) is 16.1. The molecule has 6 heteroatoms. The molecular weight excluding hydrogens is 325 g/mol.